The first-order chi connectivity index (χ1) is 10.8. The van der Waals surface area contributed by atoms with Crippen LogP contribution in [-0.2, 0) is 15.7 Å². The number of aliphatic hydroxyl groups is 2. The quantitative estimate of drug-likeness (QED) is 0.660. The second-order valence-electron chi connectivity index (χ2n) is 8.36. The molecule has 0 heterocycles. The van der Waals surface area contributed by atoms with Crippen LogP contribution in [0, 0.1) is 33.3 Å². The van der Waals surface area contributed by atoms with Gasteiger partial charge in [-0.15, -0.1) is 0 Å². The van der Waals surface area contributed by atoms with Gasteiger partial charge in [0.1, 0.15) is 0 Å². The van der Waals surface area contributed by atoms with Crippen LogP contribution < -0.4 is 0 Å². The van der Waals surface area contributed by atoms with E-state index in [0.717, 1.165) is 25.7 Å². The topological polar surface area (TPSA) is 40.5 Å². The minimum absolute atomic E-state index is 0.0732. The third kappa shape index (κ3) is 1.95. The number of hydrogen-bond donors (Lipinski definition) is 2. The van der Waals surface area contributed by atoms with Crippen LogP contribution in [0.15, 0.2) is 36.0 Å². The van der Waals surface area contributed by atoms with Crippen LogP contribution in [-0.4, -0.2) is 21.9 Å². The summed E-state index contributed by atoms with van der Waals surface area (Å²) in [6, 6.07) is 0. The average Bonchev–Trinajstić information content (AvgIpc) is 2.80. The van der Waals surface area contributed by atoms with E-state index in [4.69, 9.17) is 0 Å². The Morgan fingerprint density at radius 3 is 2.78 bits per heavy atom. The molecule has 123 valence electrons. The van der Waals surface area contributed by atoms with Gasteiger partial charge >= 0.3 is 146 Å². The van der Waals surface area contributed by atoms with Crippen molar-refractivity contribution in [2.75, 3.05) is 0 Å². The van der Waals surface area contributed by atoms with E-state index in [1.165, 1.54) is 5.57 Å². The van der Waals surface area contributed by atoms with Crippen LogP contribution in [0.4, 0.5) is 0 Å². The van der Waals surface area contributed by atoms with Gasteiger partial charge in [-0.25, -0.2) is 0 Å². The molecule has 0 amide bonds. The molecule has 0 aromatic rings. The molecule has 0 aromatic carbocycles. The third-order valence-electron chi connectivity index (χ3n) is 7.45. The third-order valence-corrected chi connectivity index (χ3v) is 7.94. The van der Waals surface area contributed by atoms with Crippen LogP contribution >= 0.6 is 0 Å². The van der Waals surface area contributed by atoms with Crippen molar-refractivity contribution in [2.45, 2.75) is 51.2 Å². The molecule has 4 aliphatic carbocycles. The minimum atomic E-state index is -0.938. The molecular formula is C20H25CrO2. The number of allylic oxidation sites excluding steroid dienone is 3. The molecule has 4 rings (SSSR count). The Kier molecular flexibility index (Phi) is 3.45. The molecule has 1 saturated carbocycles. The van der Waals surface area contributed by atoms with Crippen LogP contribution in [0.2, 0.25) is 0 Å². The van der Waals surface area contributed by atoms with E-state index in [2.05, 4.69) is 52.4 Å². The summed E-state index contributed by atoms with van der Waals surface area (Å²) in [5, 5.41) is 21.0. The number of fused-ring (bicyclic) bond motifs is 5. The average molecular weight is 349 g/mol. The van der Waals surface area contributed by atoms with E-state index in [9.17, 15) is 10.2 Å². The van der Waals surface area contributed by atoms with Crippen molar-refractivity contribution in [3.05, 3.63) is 36.0 Å². The molecule has 4 aliphatic rings. The van der Waals surface area contributed by atoms with Crippen LogP contribution in [0.3, 0.4) is 0 Å². The van der Waals surface area contributed by atoms with Gasteiger partial charge in [0.15, 0.2) is 0 Å². The molecule has 3 heteroatoms. The summed E-state index contributed by atoms with van der Waals surface area (Å²) in [6.45, 7) is 4.57. The predicted molar refractivity (Wildman–Crippen MR) is 86.4 cm³/mol. The first-order valence-electron chi connectivity index (χ1n) is 8.72. The molecule has 0 bridgehead atoms. The van der Waals surface area contributed by atoms with E-state index in [1.54, 1.807) is 0 Å². The molecule has 3 unspecified atom stereocenters. The van der Waals surface area contributed by atoms with E-state index in [1.807, 2.05) is 12.2 Å². The summed E-state index contributed by atoms with van der Waals surface area (Å²) in [5.74, 6) is 1.54. The van der Waals surface area contributed by atoms with Gasteiger partial charge in [-0.2, -0.15) is 0 Å². The molecule has 0 aliphatic heterocycles. The van der Waals surface area contributed by atoms with Gasteiger partial charge in [0.05, 0.1) is 0 Å². The van der Waals surface area contributed by atoms with E-state index in [-0.39, 0.29) is 16.9 Å². The van der Waals surface area contributed by atoms with Gasteiger partial charge < -0.3 is 0 Å². The van der Waals surface area contributed by atoms with Crippen molar-refractivity contribution < 1.29 is 25.9 Å². The molecule has 0 radical (unpaired) electrons. The standard InChI is InChI=1S/C20H25O2.Cr/c1-18-9-6-14(21)12-13(18)4-5-15-16(18)7-10-19(2)17(15)8-11-20(19,3)22;/h4,6,8-9,11,14-17,21-22H,5,7,10,12H2,1-2H3;/t14-,15?,16?,17?,18-,19-,20-;/m0./s1. The zero-order valence-corrected chi connectivity index (χ0v) is 15.1. The summed E-state index contributed by atoms with van der Waals surface area (Å²) in [7, 11) is 0. The molecule has 2 nitrogen and oxygen atoms in total. The summed E-state index contributed by atoms with van der Waals surface area (Å²) < 4.78 is 3.03. The van der Waals surface area contributed by atoms with Gasteiger partial charge in [-0.05, 0) is 0 Å². The van der Waals surface area contributed by atoms with Gasteiger partial charge in [-0.1, -0.05) is 0 Å². The van der Waals surface area contributed by atoms with Crippen LogP contribution in [0.1, 0.15) is 39.5 Å². The fourth-order valence-corrected chi connectivity index (χ4v) is 6.34. The first kappa shape index (κ1) is 15.9. The second-order valence-corrected chi connectivity index (χ2v) is 8.68. The van der Waals surface area contributed by atoms with Crippen molar-refractivity contribution in [1.82, 2.24) is 0 Å². The van der Waals surface area contributed by atoms with Gasteiger partial charge in [0.2, 0.25) is 0 Å². The monoisotopic (exact) mass is 349 g/mol. The predicted octanol–water partition coefficient (Wildman–Crippen LogP) is 3.10. The maximum absolute atomic E-state index is 11.0. The molecule has 7 atom stereocenters. The maximum atomic E-state index is 11.0. The molecule has 1 fully saturated rings. The molecule has 0 aromatic heterocycles. The number of hydrogen-bond acceptors (Lipinski definition) is 2. The molecular weight excluding hydrogens is 324 g/mol. The Bertz CT molecular complexity index is 672. The van der Waals surface area contributed by atoms with Crippen molar-refractivity contribution in [1.29, 1.82) is 0 Å². The summed E-state index contributed by atoms with van der Waals surface area (Å²) >= 11 is 2.81. The van der Waals surface area contributed by atoms with E-state index in [0.29, 0.717) is 17.8 Å². The number of rotatable bonds is 0. The second kappa shape index (κ2) is 4.98. The Morgan fingerprint density at radius 1 is 1.26 bits per heavy atom. The van der Waals surface area contributed by atoms with Gasteiger partial charge in [0.25, 0.3) is 0 Å². The van der Waals surface area contributed by atoms with Crippen molar-refractivity contribution in [3.63, 3.8) is 0 Å². The van der Waals surface area contributed by atoms with E-state index >= 15 is 0 Å². The Morgan fingerprint density at radius 2 is 2.04 bits per heavy atom. The SMILES string of the molecule is C[C@]12C=C[C@H](O)CC1=CCC1C2CC[C@@]2(C)C1C=C[C@@]2(O)[C]#[Cr]. The fourth-order valence-electron chi connectivity index (χ4n) is 5.87. The van der Waals surface area contributed by atoms with Crippen molar-refractivity contribution in [3.8, 4) is 4.69 Å². The van der Waals surface area contributed by atoms with Crippen LogP contribution in [0.5, 0.6) is 0 Å². The van der Waals surface area contributed by atoms with E-state index < -0.39 is 5.60 Å². The summed E-state index contributed by atoms with van der Waals surface area (Å²) in [4.78, 5) is 0. The summed E-state index contributed by atoms with van der Waals surface area (Å²) in [6.07, 6.45) is 14.5. The molecule has 0 spiro atoms. The van der Waals surface area contributed by atoms with Crippen LogP contribution in [0.25, 0.3) is 0 Å². The molecule has 2 N–H and O–H groups in total. The fraction of sp³-hybridized carbons (Fsp3) is 0.650. The molecule has 23 heavy (non-hydrogen) atoms. The zero-order valence-electron chi connectivity index (χ0n) is 13.8. The number of aliphatic hydroxyl groups excluding tert-OH is 1. The zero-order chi connectivity index (χ0) is 16.5. The Labute approximate surface area is 146 Å². The molecule has 0 saturated heterocycles. The Hall–Kier alpha value is -0.548. The van der Waals surface area contributed by atoms with Gasteiger partial charge in [0, 0.05) is 0 Å². The van der Waals surface area contributed by atoms with Gasteiger partial charge in [-0.3, -0.25) is 0 Å². The summed E-state index contributed by atoms with van der Waals surface area (Å²) in [5.41, 5.74) is 0.395. The van der Waals surface area contributed by atoms with Crippen molar-refractivity contribution >= 4 is 0 Å². The normalized spacial score (nSPS) is 53.8. The van der Waals surface area contributed by atoms with Crippen molar-refractivity contribution in [2.24, 2.45) is 28.6 Å². The Balaban J connectivity index is 1.74. The first-order valence-corrected chi connectivity index (χ1v) is 9.36.